The van der Waals surface area contributed by atoms with E-state index in [1.54, 1.807) is 0 Å². The molecule has 0 fully saturated rings. The van der Waals surface area contributed by atoms with Gasteiger partial charge < -0.3 is 32.7 Å². The van der Waals surface area contributed by atoms with Gasteiger partial charge >= 0.3 is 0 Å². The van der Waals surface area contributed by atoms with Gasteiger partial charge in [0.1, 0.15) is 0 Å². The summed E-state index contributed by atoms with van der Waals surface area (Å²) in [6.07, 6.45) is 5.83. The minimum Gasteiger partial charge on any atom is -0.326 e. The van der Waals surface area contributed by atoms with Crippen LogP contribution in [0, 0.1) is 0 Å². The van der Waals surface area contributed by atoms with Gasteiger partial charge in [0.05, 0.1) is 22.8 Å². The predicted molar refractivity (Wildman–Crippen MR) is 216 cm³/mol. The third-order valence-electron chi connectivity index (χ3n) is 11.1. The SMILES string of the molecule is CCc1c(CN)c(CC)c2c(CC)c1CNCc1cccc(n1)CNCc1c(CC)c(CN)c(CC)c(c1CC)CNCc1cccc(n1)CNC2. The number of nitrogens with zero attached hydrogens (tertiary/aromatic N) is 2. The molecule has 1 aliphatic heterocycles. The van der Waals surface area contributed by atoms with Gasteiger partial charge in [0.2, 0.25) is 0 Å². The van der Waals surface area contributed by atoms with Crippen LogP contribution in [0.2, 0.25) is 0 Å². The molecule has 1 aliphatic rings. The molecule has 8 N–H and O–H groups in total. The quantitative estimate of drug-likeness (QED) is 0.127. The van der Waals surface area contributed by atoms with Crippen molar-refractivity contribution in [2.75, 3.05) is 0 Å². The normalized spacial score (nSPS) is 14.6. The highest BCUT2D eigenvalue weighted by atomic mass is 14.9. The maximum Gasteiger partial charge on any atom is 0.0545 e. The van der Waals surface area contributed by atoms with Gasteiger partial charge in [-0.1, -0.05) is 53.7 Å². The molecule has 0 saturated heterocycles. The summed E-state index contributed by atoms with van der Waals surface area (Å²) in [5, 5.41) is 15.1. The van der Waals surface area contributed by atoms with Crippen molar-refractivity contribution in [3.05, 3.63) is 126 Å². The first-order valence-electron chi connectivity index (χ1n) is 19.9. The Balaban J connectivity index is 1.54. The first kappa shape index (κ1) is 39.7. The minimum absolute atomic E-state index is 0.555. The van der Waals surface area contributed by atoms with Crippen LogP contribution in [0.25, 0.3) is 0 Å². The highest BCUT2D eigenvalue weighted by molar-refractivity contribution is 5.54. The third-order valence-corrected chi connectivity index (χ3v) is 11.1. The molecule has 0 aliphatic carbocycles. The molecule has 4 aromatic rings. The van der Waals surface area contributed by atoms with Crippen LogP contribution in [0.3, 0.4) is 0 Å². The van der Waals surface area contributed by atoms with Crippen molar-refractivity contribution in [2.45, 2.75) is 146 Å². The van der Waals surface area contributed by atoms with E-state index in [1.165, 1.54) is 66.8 Å². The minimum atomic E-state index is 0.555. The lowest BCUT2D eigenvalue weighted by Gasteiger charge is -2.26. The molecule has 5 rings (SSSR count). The van der Waals surface area contributed by atoms with Gasteiger partial charge in [-0.25, -0.2) is 0 Å². The predicted octanol–water partition coefficient (Wildman–Crippen LogP) is 6.24. The lowest BCUT2D eigenvalue weighted by atomic mass is 9.83. The summed E-state index contributed by atoms with van der Waals surface area (Å²) >= 11 is 0. The maximum atomic E-state index is 6.50. The van der Waals surface area contributed by atoms with Crippen molar-refractivity contribution in [2.24, 2.45) is 11.5 Å². The summed E-state index contributed by atoms with van der Waals surface area (Å²) in [5.41, 5.74) is 34.0. The summed E-state index contributed by atoms with van der Waals surface area (Å²) < 4.78 is 0. The van der Waals surface area contributed by atoms with Crippen LogP contribution in [0.15, 0.2) is 36.4 Å². The van der Waals surface area contributed by atoms with Gasteiger partial charge in [0.25, 0.3) is 0 Å². The molecular weight excluding hydrogens is 641 g/mol. The van der Waals surface area contributed by atoms with E-state index in [0.717, 1.165) is 87.5 Å². The molecular formula is C44H64N8. The Hall–Kier alpha value is -3.50. The Bertz CT molecular complexity index is 1560. The fourth-order valence-corrected chi connectivity index (χ4v) is 8.81. The largest absolute Gasteiger partial charge is 0.326 e. The zero-order chi connectivity index (χ0) is 37.0. The lowest BCUT2D eigenvalue weighted by Crippen LogP contribution is -2.24. The maximum absolute atomic E-state index is 6.50. The van der Waals surface area contributed by atoms with Crippen molar-refractivity contribution < 1.29 is 0 Å². The van der Waals surface area contributed by atoms with Gasteiger partial charge in [0, 0.05) is 65.4 Å². The first-order chi connectivity index (χ1) is 25.5. The summed E-state index contributed by atoms with van der Waals surface area (Å²) in [6.45, 7) is 20.7. The van der Waals surface area contributed by atoms with Crippen molar-refractivity contribution in [1.82, 2.24) is 31.2 Å². The zero-order valence-corrected chi connectivity index (χ0v) is 32.8. The Labute approximate surface area is 313 Å². The molecule has 0 spiro atoms. The zero-order valence-electron chi connectivity index (χ0n) is 32.8. The number of aromatic nitrogens is 2. The molecule has 0 saturated carbocycles. The van der Waals surface area contributed by atoms with Gasteiger partial charge in [-0.05, 0) is 130 Å². The summed E-state index contributed by atoms with van der Waals surface area (Å²) in [7, 11) is 0. The molecule has 3 heterocycles. The molecule has 0 radical (unpaired) electrons. The highest BCUT2D eigenvalue weighted by Crippen LogP contribution is 2.32. The van der Waals surface area contributed by atoms with Gasteiger partial charge in [0.15, 0.2) is 0 Å². The summed E-state index contributed by atoms with van der Waals surface area (Å²) in [4.78, 5) is 10.2. The standard InChI is InChI=1S/C44H64N8/c1-7-33-39(19-45)34(8-2)42-26-48-22-30-17-14-18-32(52-30)24-50-28-44-36(10-4)40(20-46)35(9-3)43(38(44)12-6)27-49-23-31-16-13-15-29(51-31)21-47-25-41(33)37(42)11-5/h13-18,47-50H,7-12,19-28,45-46H2,1-6H3. The smallest absolute Gasteiger partial charge is 0.0545 e. The van der Waals surface area contributed by atoms with Crippen LogP contribution < -0.4 is 32.7 Å². The number of nitrogens with one attached hydrogen (secondary N) is 4. The van der Waals surface area contributed by atoms with Crippen LogP contribution in [0.4, 0.5) is 0 Å². The van der Waals surface area contributed by atoms with Crippen molar-refractivity contribution in [3.8, 4) is 0 Å². The molecule has 8 heteroatoms. The highest BCUT2D eigenvalue weighted by Gasteiger charge is 2.22. The number of pyridine rings is 2. The van der Waals surface area contributed by atoms with Gasteiger partial charge in [-0.2, -0.15) is 0 Å². The topological polar surface area (TPSA) is 126 Å². The van der Waals surface area contributed by atoms with E-state index in [9.17, 15) is 0 Å². The summed E-state index contributed by atoms with van der Waals surface area (Å²) in [6, 6.07) is 12.8. The Morgan fingerprint density at radius 1 is 0.385 bits per heavy atom. The fourth-order valence-electron chi connectivity index (χ4n) is 8.81. The molecule has 52 heavy (non-hydrogen) atoms. The van der Waals surface area contributed by atoms with Crippen LogP contribution in [0.1, 0.15) is 131 Å². The van der Waals surface area contributed by atoms with E-state index < -0.39 is 0 Å². The summed E-state index contributed by atoms with van der Waals surface area (Å²) in [5.74, 6) is 0. The number of nitrogens with two attached hydrogens (primary N) is 2. The molecule has 0 amide bonds. The van der Waals surface area contributed by atoms with E-state index in [-0.39, 0.29) is 0 Å². The van der Waals surface area contributed by atoms with E-state index >= 15 is 0 Å². The number of hydrogen-bond acceptors (Lipinski definition) is 8. The van der Waals surface area contributed by atoms with Crippen LogP contribution in [-0.4, -0.2) is 9.97 Å². The molecule has 8 nitrogen and oxygen atoms in total. The van der Waals surface area contributed by atoms with E-state index in [1.807, 2.05) is 0 Å². The fraction of sp³-hybridized carbons (Fsp3) is 0.500. The Morgan fingerprint density at radius 3 is 0.846 bits per heavy atom. The second kappa shape index (κ2) is 19.5. The second-order valence-electron chi connectivity index (χ2n) is 13.9. The number of hydrogen-bond donors (Lipinski definition) is 6. The van der Waals surface area contributed by atoms with E-state index in [2.05, 4.69) is 99.2 Å². The monoisotopic (exact) mass is 705 g/mol. The molecule has 0 unspecified atom stereocenters. The van der Waals surface area contributed by atoms with Gasteiger partial charge in [-0.15, -0.1) is 0 Å². The number of fused-ring (bicyclic) bond motifs is 8. The van der Waals surface area contributed by atoms with E-state index in [4.69, 9.17) is 21.4 Å². The second-order valence-corrected chi connectivity index (χ2v) is 13.9. The number of rotatable bonds is 8. The third kappa shape index (κ3) is 8.82. The van der Waals surface area contributed by atoms with Crippen molar-refractivity contribution in [3.63, 3.8) is 0 Å². The lowest BCUT2D eigenvalue weighted by molar-refractivity contribution is 0.629. The molecule has 280 valence electrons. The van der Waals surface area contributed by atoms with E-state index in [0.29, 0.717) is 39.3 Å². The number of benzene rings is 2. The van der Waals surface area contributed by atoms with Crippen molar-refractivity contribution in [1.29, 1.82) is 0 Å². The van der Waals surface area contributed by atoms with Gasteiger partial charge in [-0.3, -0.25) is 9.97 Å². The average Bonchev–Trinajstić information content (AvgIpc) is 3.17. The molecule has 8 bridgehead atoms. The molecule has 2 aromatic carbocycles. The first-order valence-corrected chi connectivity index (χ1v) is 19.9. The molecule has 2 aromatic heterocycles. The van der Waals surface area contributed by atoms with Crippen LogP contribution in [0.5, 0.6) is 0 Å². The Kier molecular flexibility index (Phi) is 14.9. The van der Waals surface area contributed by atoms with Crippen LogP contribution >= 0.6 is 0 Å². The van der Waals surface area contributed by atoms with Crippen molar-refractivity contribution >= 4 is 0 Å². The molecule has 0 atom stereocenters. The average molecular weight is 705 g/mol. The van der Waals surface area contributed by atoms with Crippen LogP contribution in [-0.2, 0) is 104 Å². The Morgan fingerprint density at radius 2 is 0.635 bits per heavy atom.